The summed E-state index contributed by atoms with van der Waals surface area (Å²) < 4.78 is 0. The van der Waals surface area contributed by atoms with Gasteiger partial charge < -0.3 is 4.98 Å². The van der Waals surface area contributed by atoms with Gasteiger partial charge in [0.25, 0.3) is 0 Å². The van der Waals surface area contributed by atoms with Crippen molar-refractivity contribution >= 4 is 5.78 Å². The van der Waals surface area contributed by atoms with Crippen LogP contribution in [0.3, 0.4) is 0 Å². The molecule has 1 aromatic rings. The van der Waals surface area contributed by atoms with E-state index in [0.717, 1.165) is 5.69 Å². The third-order valence-electron chi connectivity index (χ3n) is 3.01. The minimum atomic E-state index is -0.0597. The van der Waals surface area contributed by atoms with Crippen LogP contribution < -0.4 is 0 Å². The van der Waals surface area contributed by atoms with Crippen LogP contribution in [0.2, 0.25) is 0 Å². The Morgan fingerprint density at radius 3 is 2.80 bits per heavy atom. The topological polar surface area (TPSA) is 32.9 Å². The Morgan fingerprint density at radius 1 is 1.47 bits per heavy atom. The molecule has 0 radical (unpaired) electrons. The van der Waals surface area contributed by atoms with E-state index < -0.39 is 0 Å². The zero-order chi connectivity index (χ0) is 11.1. The van der Waals surface area contributed by atoms with Gasteiger partial charge in [-0.3, -0.25) is 4.79 Å². The molecular weight excluding hydrogens is 186 g/mol. The highest BCUT2D eigenvalue weighted by Gasteiger charge is 2.36. The molecule has 2 heteroatoms. The standard InChI is InChI=1S/C13H15NO/c1-9-11(15)6-7-13(2,3)12(9)10-5-4-8-14-10/h4-8,12,14H,1H2,2-3H3. The van der Waals surface area contributed by atoms with E-state index in [4.69, 9.17) is 0 Å². The summed E-state index contributed by atoms with van der Waals surface area (Å²) in [5.74, 6) is 0.0962. The normalized spacial score (nSPS) is 24.5. The van der Waals surface area contributed by atoms with Gasteiger partial charge in [0.15, 0.2) is 5.78 Å². The SMILES string of the molecule is C=C1C(=O)C=CC(C)(C)C1c1ccc[nH]1. The maximum atomic E-state index is 11.6. The van der Waals surface area contributed by atoms with Gasteiger partial charge in [-0.2, -0.15) is 0 Å². The quantitative estimate of drug-likeness (QED) is 0.696. The van der Waals surface area contributed by atoms with E-state index in [2.05, 4.69) is 25.4 Å². The first-order chi connectivity index (χ1) is 7.02. The second kappa shape index (κ2) is 3.23. The smallest absolute Gasteiger partial charge is 0.181 e. The van der Waals surface area contributed by atoms with E-state index in [-0.39, 0.29) is 17.1 Å². The van der Waals surface area contributed by atoms with Gasteiger partial charge in [0.2, 0.25) is 0 Å². The van der Waals surface area contributed by atoms with E-state index in [0.29, 0.717) is 5.57 Å². The first-order valence-electron chi connectivity index (χ1n) is 5.08. The van der Waals surface area contributed by atoms with Crippen molar-refractivity contribution in [3.63, 3.8) is 0 Å². The molecule has 2 rings (SSSR count). The lowest BCUT2D eigenvalue weighted by Gasteiger charge is -2.34. The molecule has 0 fully saturated rings. The number of aromatic nitrogens is 1. The maximum Gasteiger partial charge on any atom is 0.181 e. The third-order valence-corrected chi connectivity index (χ3v) is 3.01. The summed E-state index contributed by atoms with van der Waals surface area (Å²) in [7, 11) is 0. The fourth-order valence-electron chi connectivity index (χ4n) is 2.20. The molecule has 0 bridgehead atoms. The molecule has 15 heavy (non-hydrogen) atoms. The number of carbonyl (C=O) groups excluding carboxylic acids is 1. The highest BCUT2D eigenvalue weighted by molar-refractivity contribution is 6.05. The lowest BCUT2D eigenvalue weighted by Crippen LogP contribution is -2.28. The van der Waals surface area contributed by atoms with E-state index in [1.54, 1.807) is 6.08 Å². The average molecular weight is 201 g/mol. The highest BCUT2D eigenvalue weighted by Crippen LogP contribution is 2.43. The van der Waals surface area contributed by atoms with E-state index >= 15 is 0 Å². The molecule has 0 amide bonds. The maximum absolute atomic E-state index is 11.6. The summed E-state index contributed by atoms with van der Waals surface area (Å²) >= 11 is 0. The largest absolute Gasteiger partial charge is 0.364 e. The van der Waals surface area contributed by atoms with E-state index in [1.807, 2.05) is 24.4 Å². The number of carbonyl (C=O) groups is 1. The third kappa shape index (κ3) is 1.56. The molecule has 1 atom stereocenters. The Hall–Kier alpha value is -1.57. The van der Waals surface area contributed by atoms with Crippen LogP contribution in [-0.4, -0.2) is 10.8 Å². The monoisotopic (exact) mass is 201 g/mol. The van der Waals surface area contributed by atoms with Gasteiger partial charge in [0, 0.05) is 23.4 Å². The molecule has 0 saturated carbocycles. The van der Waals surface area contributed by atoms with E-state index in [9.17, 15) is 4.79 Å². The molecule has 78 valence electrons. The van der Waals surface area contributed by atoms with Crippen molar-refractivity contribution in [3.05, 3.63) is 48.3 Å². The van der Waals surface area contributed by atoms with Crippen molar-refractivity contribution in [3.8, 4) is 0 Å². The van der Waals surface area contributed by atoms with Crippen LogP contribution in [0.25, 0.3) is 0 Å². The van der Waals surface area contributed by atoms with Crippen molar-refractivity contribution in [1.82, 2.24) is 4.98 Å². The summed E-state index contributed by atoms with van der Waals surface area (Å²) in [6, 6.07) is 3.95. The van der Waals surface area contributed by atoms with E-state index in [1.165, 1.54) is 0 Å². The van der Waals surface area contributed by atoms with Crippen molar-refractivity contribution < 1.29 is 4.79 Å². The number of rotatable bonds is 1. The molecule has 2 nitrogen and oxygen atoms in total. The van der Waals surface area contributed by atoms with Crippen LogP contribution in [0, 0.1) is 5.41 Å². The van der Waals surface area contributed by atoms with Crippen molar-refractivity contribution in [2.45, 2.75) is 19.8 Å². The number of ketones is 1. The predicted octanol–water partition coefficient (Wildman–Crippen LogP) is 2.82. The van der Waals surface area contributed by atoms with Gasteiger partial charge >= 0.3 is 0 Å². The van der Waals surface area contributed by atoms with Gasteiger partial charge in [-0.15, -0.1) is 0 Å². The van der Waals surface area contributed by atoms with Crippen molar-refractivity contribution in [1.29, 1.82) is 0 Å². The lowest BCUT2D eigenvalue weighted by molar-refractivity contribution is -0.112. The fraction of sp³-hybridized carbons (Fsp3) is 0.308. The minimum absolute atomic E-state index is 0.0360. The summed E-state index contributed by atoms with van der Waals surface area (Å²) in [4.78, 5) is 14.8. The Kier molecular flexibility index (Phi) is 2.14. The Labute approximate surface area is 89.7 Å². The van der Waals surface area contributed by atoms with Gasteiger partial charge in [-0.1, -0.05) is 26.5 Å². The average Bonchev–Trinajstić information content (AvgIpc) is 2.65. The molecule has 0 aliphatic heterocycles. The summed E-state index contributed by atoms with van der Waals surface area (Å²) in [5, 5.41) is 0. The van der Waals surface area contributed by atoms with Gasteiger partial charge in [-0.05, 0) is 23.6 Å². The zero-order valence-corrected chi connectivity index (χ0v) is 9.08. The van der Waals surface area contributed by atoms with Crippen molar-refractivity contribution in [2.75, 3.05) is 0 Å². The number of H-pyrrole nitrogens is 1. The van der Waals surface area contributed by atoms with Crippen LogP contribution in [-0.2, 0) is 4.79 Å². The Morgan fingerprint density at radius 2 is 2.20 bits per heavy atom. The first kappa shape index (κ1) is 9.97. The van der Waals surface area contributed by atoms with Crippen LogP contribution in [0.1, 0.15) is 25.5 Å². The first-order valence-corrected chi connectivity index (χ1v) is 5.08. The fourth-order valence-corrected chi connectivity index (χ4v) is 2.20. The predicted molar refractivity (Wildman–Crippen MR) is 60.6 cm³/mol. The number of hydrogen-bond acceptors (Lipinski definition) is 1. The minimum Gasteiger partial charge on any atom is -0.364 e. The zero-order valence-electron chi connectivity index (χ0n) is 9.08. The Bertz CT molecular complexity index is 423. The summed E-state index contributed by atoms with van der Waals surface area (Å²) in [6.07, 6.45) is 5.47. The molecule has 0 spiro atoms. The van der Waals surface area contributed by atoms with Gasteiger partial charge in [-0.25, -0.2) is 0 Å². The highest BCUT2D eigenvalue weighted by atomic mass is 16.1. The molecule has 1 N–H and O–H groups in total. The van der Waals surface area contributed by atoms with Crippen LogP contribution in [0.4, 0.5) is 0 Å². The van der Waals surface area contributed by atoms with Crippen LogP contribution in [0.5, 0.6) is 0 Å². The number of allylic oxidation sites excluding steroid dienone is 3. The second-order valence-electron chi connectivity index (χ2n) is 4.60. The molecule has 1 aromatic heterocycles. The Balaban J connectivity index is 2.49. The van der Waals surface area contributed by atoms with Crippen molar-refractivity contribution in [2.24, 2.45) is 5.41 Å². The lowest BCUT2D eigenvalue weighted by atomic mass is 9.69. The number of hydrogen-bond donors (Lipinski definition) is 1. The molecule has 1 aliphatic rings. The molecule has 0 aromatic carbocycles. The molecule has 1 unspecified atom stereocenters. The summed E-state index contributed by atoms with van der Waals surface area (Å²) in [6.45, 7) is 8.14. The van der Waals surface area contributed by atoms with Crippen LogP contribution >= 0.6 is 0 Å². The summed E-state index contributed by atoms with van der Waals surface area (Å²) in [5.41, 5.74) is 1.67. The van der Waals surface area contributed by atoms with Gasteiger partial charge in [0.05, 0.1) is 0 Å². The number of aromatic amines is 1. The molecular formula is C13H15NO. The molecule has 0 saturated heterocycles. The second-order valence-corrected chi connectivity index (χ2v) is 4.60. The molecule has 1 aliphatic carbocycles. The van der Waals surface area contributed by atoms with Gasteiger partial charge in [0.1, 0.15) is 0 Å². The number of nitrogens with one attached hydrogen (secondary N) is 1. The van der Waals surface area contributed by atoms with Crippen LogP contribution in [0.15, 0.2) is 42.6 Å². The molecule has 1 heterocycles.